The molecular weight excluding hydrogens is 289 g/mol. The average molecular weight is 299 g/mol. The number of ether oxygens (including phenoxy) is 1. The van der Waals surface area contributed by atoms with E-state index in [9.17, 15) is 0 Å². The normalized spacial score (nSPS) is 19.2. The molecule has 0 fully saturated rings. The number of aromatic nitrogens is 1. The first-order chi connectivity index (χ1) is 7.74. The molecule has 4 heteroatoms. The van der Waals surface area contributed by atoms with Crippen LogP contribution in [-0.2, 0) is 0 Å². The molecule has 0 radical (unpaired) electrons. The van der Waals surface area contributed by atoms with E-state index in [2.05, 4.69) is 27.0 Å². The van der Waals surface area contributed by atoms with Crippen LogP contribution in [0.3, 0.4) is 0 Å². The number of benzene rings is 1. The van der Waals surface area contributed by atoms with E-state index in [-0.39, 0.29) is 0 Å². The zero-order valence-corrected chi connectivity index (χ0v) is 10.8. The molecule has 1 aliphatic heterocycles. The topological polar surface area (TPSA) is 22.1 Å². The Morgan fingerprint density at radius 2 is 2.25 bits per heavy atom. The van der Waals surface area contributed by atoms with Gasteiger partial charge in [-0.2, -0.15) is 0 Å². The monoisotopic (exact) mass is 297 g/mol. The lowest BCUT2D eigenvalue weighted by Gasteiger charge is -2.21. The van der Waals surface area contributed by atoms with Crippen molar-refractivity contribution < 1.29 is 4.74 Å². The number of pyridine rings is 1. The van der Waals surface area contributed by atoms with Gasteiger partial charge in [-0.1, -0.05) is 33.6 Å². The smallest absolute Gasteiger partial charge is 0.218 e. The van der Waals surface area contributed by atoms with Gasteiger partial charge in [0.1, 0.15) is 0 Å². The van der Waals surface area contributed by atoms with Gasteiger partial charge in [-0.3, -0.25) is 0 Å². The van der Waals surface area contributed by atoms with Crippen molar-refractivity contribution in [3.63, 3.8) is 0 Å². The minimum absolute atomic E-state index is 0.337. The molecule has 0 saturated heterocycles. The maximum atomic E-state index is 5.94. The van der Waals surface area contributed by atoms with E-state index in [4.69, 9.17) is 16.3 Å². The first kappa shape index (κ1) is 10.4. The van der Waals surface area contributed by atoms with Crippen LogP contribution in [0.5, 0.6) is 5.88 Å². The van der Waals surface area contributed by atoms with Gasteiger partial charge in [0.25, 0.3) is 0 Å². The van der Waals surface area contributed by atoms with Crippen molar-refractivity contribution in [1.82, 2.24) is 4.98 Å². The highest BCUT2D eigenvalue weighted by molar-refractivity contribution is 9.09. The zero-order chi connectivity index (χ0) is 11.1. The van der Waals surface area contributed by atoms with Crippen molar-refractivity contribution in [3.8, 4) is 5.88 Å². The van der Waals surface area contributed by atoms with Crippen LogP contribution in [0.15, 0.2) is 24.3 Å². The molecule has 1 aromatic heterocycles. The molecule has 0 N–H and O–H groups in total. The summed E-state index contributed by atoms with van der Waals surface area (Å²) in [6, 6.07) is 7.84. The molecule has 2 aromatic rings. The van der Waals surface area contributed by atoms with Crippen LogP contribution in [0.1, 0.15) is 16.8 Å². The van der Waals surface area contributed by atoms with Gasteiger partial charge in [0, 0.05) is 20.8 Å². The van der Waals surface area contributed by atoms with E-state index in [1.807, 2.05) is 18.2 Å². The van der Waals surface area contributed by atoms with Crippen LogP contribution in [0, 0.1) is 0 Å². The number of hydrogen-bond donors (Lipinski definition) is 0. The Balaban J connectivity index is 2.26. The molecule has 0 spiro atoms. The van der Waals surface area contributed by atoms with E-state index in [0.717, 1.165) is 28.8 Å². The lowest BCUT2D eigenvalue weighted by Crippen LogP contribution is -2.11. The molecule has 1 aromatic carbocycles. The number of halogens is 2. The third-order valence-corrected chi connectivity index (χ3v) is 3.91. The van der Waals surface area contributed by atoms with E-state index in [0.29, 0.717) is 16.5 Å². The van der Waals surface area contributed by atoms with Crippen molar-refractivity contribution in [2.45, 2.75) is 11.2 Å². The van der Waals surface area contributed by atoms with Crippen molar-refractivity contribution in [2.24, 2.45) is 0 Å². The zero-order valence-electron chi connectivity index (χ0n) is 8.41. The Bertz CT molecular complexity index is 558. The summed E-state index contributed by atoms with van der Waals surface area (Å²) in [6.07, 6.45) is 0.980. The molecule has 0 amide bonds. The molecule has 1 aliphatic rings. The maximum Gasteiger partial charge on any atom is 0.218 e. The van der Waals surface area contributed by atoms with Crippen LogP contribution in [0.4, 0.5) is 0 Å². The second-order valence-corrected chi connectivity index (χ2v) is 5.37. The molecule has 0 bridgehead atoms. The highest BCUT2D eigenvalue weighted by Crippen LogP contribution is 2.38. The Morgan fingerprint density at radius 1 is 1.38 bits per heavy atom. The van der Waals surface area contributed by atoms with Crippen molar-refractivity contribution in [1.29, 1.82) is 0 Å². The van der Waals surface area contributed by atoms with E-state index in [1.165, 1.54) is 0 Å². The molecule has 82 valence electrons. The average Bonchev–Trinajstić information content (AvgIpc) is 2.27. The fraction of sp³-hybridized carbons (Fsp3) is 0.250. The number of nitrogens with zero attached hydrogens (tertiary/aromatic N) is 1. The SMILES string of the molecule is Clc1ccc2cc3c(nc2c1)OCCC3Br. The standard InChI is InChI=1S/C12H9BrClNO/c13-10-3-4-16-12-9(10)5-7-1-2-8(14)6-11(7)15-12/h1-2,5-6,10H,3-4H2. The fourth-order valence-electron chi connectivity index (χ4n) is 1.89. The number of alkyl halides is 1. The summed E-state index contributed by atoms with van der Waals surface area (Å²) < 4.78 is 5.56. The summed E-state index contributed by atoms with van der Waals surface area (Å²) in [4.78, 5) is 4.83. The minimum atomic E-state index is 0.337. The summed E-state index contributed by atoms with van der Waals surface area (Å²) >= 11 is 9.58. The van der Waals surface area contributed by atoms with Gasteiger partial charge >= 0.3 is 0 Å². The Kier molecular flexibility index (Phi) is 2.52. The molecule has 1 atom stereocenters. The Labute approximate surface area is 107 Å². The van der Waals surface area contributed by atoms with Crippen molar-refractivity contribution in [3.05, 3.63) is 34.9 Å². The van der Waals surface area contributed by atoms with Gasteiger partial charge in [0.2, 0.25) is 5.88 Å². The van der Waals surface area contributed by atoms with Crippen LogP contribution in [0.2, 0.25) is 5.02 Å². The second kappa shape index (κ2) is 3.90. The fourth-order valence-corrected chi connectivity index (χ4v) is 2.57. The largest absolute Gasteiger partial charge is 0.477 e. The molecule has 2 heterocycles. The highest BCUT2D eigenvalue weighted by atomic mass is 79.9. The van der Waals surface area contributed by atoms with Crippen LogP contribution in [-0.4, -0.2) is 11.6 Å². The molecule has 0 aliphatic carbocycles. The van der Waals surface area contributed by atoms with Crippen LogP contribution < -0.4 is 4.74 Å². The maximum absolute atomic E-state index is 5.94. The Hall–Kier alpha value is -0.800. The van der Waals surface area contributed by atoms with Gasteiger partial charge in [-0.25, -0.2) is 4.98 Å². The third-order valence-electron chi connectivity index (χ3n) is 2.72. The predicted octanol–water partition coefficient (Wildman–Crippen LogP) is 4.11. The third kappa shape index (κ3) is 1.68. The summed E-state index contributed by atoms with van der Waals surface area (Å²) in [5.41, 5.74) is 2.01. The number of rotatable bonds is 0. The molecule has 2 nitrogen and oxygen atoms in total. The lowest BCUT2D eigenvalue weighted by atomic mass is 10.1. The van der Waals surface area contributed by atoms with Crippen LogP contribution in [0.25, 0.3) is 10.9 Å². The Morgan fingerprint density at radius 3 is 3.12 bits per heavy atom. The van der Waals surface area contributed by atoms with Gasteiger partial charge in [-0.05, 0) is 24.6 Å². The molecule has 1 unspecified atom stereocenters. The second-order valence-electron chi connectivity index (χ2n) is 3.82. The summed E-state index contributed by atoms with van der Waals surface area (Å²) in [7, 11) is 0. The first-order valence-corrected chi connectivity index (χ1v) is 6.40. The van der Waals surface area contributed by atoms with Gasteiger partial charge in [-0.15, -0.1) is 0 Å². The lowest BCUT2D eigenvalue weighted by molar-refractivity contribution is 0.277. The highest BCUT2D eigenvalue weighted by Gasteiger charge is 2.20. The minimum Gasteiger partial charge on any atom is -0.477 e. The molecule has 0 saturated carbocycles. The number of fused-ring (bicyclic) bond motifs is 2. The first-order valence-electron chi connectivity index (χ1n) is 5.11. The van der Waals surface area contributed by atoms with Gasteiger partial charge < -0.3 is 4.74 Å². The quantitative estimate of drug-likeness (QED) is 0.683. The van der Waals surface area contributed by atoms with Crippen molar-refractivity contribution in [2.75, 3.05) is 6.61 Å². The van der Waals surface area contributed by atoms with Crippen LogP contribution >= 0.6 is 27.5 Å². The summed E-state index contributed by atoms with van der Waals surface area (Å²) in [6.45, 7) is 0.710. The summed E-state index contributed by atoms with van der Waals surface area (Å²) in [5, 5.41) is 1.80. The molecular formula is C12H9BrClNO. The van der Waals surface area contributed by atoms with E-state index < -0.39 is 0 Å². The molecule has 3 rings (SSSR count). The van der Waals surface area contributed by atoms with Gasteiger partial charge in [0.15, 0.2) is 0 Å². The van der Waals surface area contributed by atoms with Gasteiger partial charge in [0.05, 0.1) is 12.1 Å². The molecule has 16 heavy (non-hydrogen) atoms. The van der Waals surface area contributed by atoms with E-state index in [1.54, 1.807) is 0 Å². The predicted molar refractivity (Wildman–Crippen MR) is 68.5 cm³/mol. The van der Waals surface area contributed by atoms with Crippen molar-refractivity contribution >= 4 is 38.4 Å². The number of hydrogen-bond acceptors (Lipinski definition) is 2. The summed E-state index contributed by atoms with van der Waals surface area (Å²) in [5.74, 6) is 0.725. The van der Waals surface area contributed by atoms with E-state index >= 15 is 0 Å².